The van der Waals surface area contributed by atoms with Crippen LogP contribution in [0.4, 0.5) is 0 Å². The van der Waals surface area contributed by atoms with Gasteiger partial charge in [-0.15, -0.1) is 24.0 Å². The Kier molecular flexibility index (Phi) is 10.4. The van der Waals surface area contributed by atoms with E-state index in [4.69, 9.17) is 14.3 Å². The van der Waals surface area contributed by atoms with Crippen LogP contribution in [0.15, 0.2) is 21.8 Å². The molecule has 1 aliphatic heterocycles. The number of ether oxygens (including phenoxy) is 1. The normalized spacial score (nSPS) is 19.3. The van der Waals surface area contributed by atoms with Crippen LogP contribution in [0.5, 0.6) is 0 Å². The third-order valence-electron chi connectivity index (χ3n) is 5.10. The third kappa shape index (κ3) is 7.57. The summed E-state index contributed by atoms with van der Waals surface area (Å²) in [5, 5.41) is 7.44. The highest BCUT2D eigenvalue weighted by Crippen LogP contribution is 2.20. The molecule has 2 fully saturated rings. The van der Waals surface area contributed by atoms with E-state index in [2.05, 4.69) is 27.2 Å². The molecule has 3 rings (SSSR count). The second kappa shape index (κ2) is 12.6. The highest BCUT2D eigenvalue weighted by atomic mass is 127. The maximum Gasteiger partial charge on any atom is 0.194 e. The summed E-state index contributed by atoms with van der Waals surface area (Å²) in [6.45, 7) is 9.55. The van der Waals surface area contributed by atoms with Crippen molar-refractivity contribution in [3.8, 4) is 0 Å². The molecule has 0 spiro atoms. The van der Waals surface area contributed by atoms with E-state index >= 15 is 0 Å². The smallest absolute Gasteiger partial charge is 0.194 e. The average Bonchev–Trinajstić information content (AvgIpc) is 3.35. The van der Waals surface area contributed by atoms with E-state index in [1.54, 1.807) is 6.26 Å². The molecule has 0 amide bonds. The summed E-state index contributed by atoms with van der Waals surface area (Å²) < 4.78 is 10.8. The fraction of sp³-hybridized carbons (Fsp3) is 0.789. The van der Waals surface area contributed by atoms with Gasteiger partial charge >= 0.3 is 0 Å². The first-order chi connectivity index (χ1) is 12.8. The van der Waals surface area contributed by atoms with Crippen LogP contribution in [0.1, 0.15) is 44.7 Å². The molecular weight excluding hydrogens is 457 g/mol. The Bertz CT molecular complexity index is 526. The van der Waals surface area contributed by atoms with Gasteiger partial charge in [0.05, 0.1) is 11.8 Å². The molecule has 1 aliphatic carbocycles. The topological polar surface area (TPSA) is 66.1 Å². The van der Waals surface area contributed by atoms with Crippen LogP contribution in [-0.2, 0) is 11.3 Å². The van der Waals surface area contributed by atoms with Crippen molar-refractivity contribution in [1.82, 2.24) is 20.3 Å². The van der Waals surface area contributed by atoms with Gasteiger partial charge in [-0.25, -0.2) is 0 Å². The molecule has 0 unspecified atom stereocenters. The largest absolute Gasteiger partial charge is 0.378 e. The Balaban J connectivity index is 0.00000261. The van der Waals surface area contributed by atoms with Crippen molar-refractivity contribution in [2.75, 3.05) is 45.9 Å². The van der Waals surface area contributed by atoms with Crippen molar-refractivity contribution in [2.45, 2.75) is 51.7 Å². The number of aromatic nitrogens is 1. The Morgan fingerprint density at radius 1 is 1.30 bits per heavy atom. The average molecular weight is 491 g/mol. The van der Waals surface area contributed by atoms with E-state index in [1.807, 2.05) is 6.07 Å². The summed E-state index contributed by atoms with van der Waals surface area (Å²) in [7, 11) is 0. The zero-order valence-corrected chi connectivity index (χ0v) is 18.8. The molecule has 1 aromatic rings. The van der Waals surface area contributed by atoms with Crippen molar-refractivity contribution in [1.29, 1.82) is 0 Å². The minimum atomic E-state index is 0. The van der Waals surface area contributed by atoms with Gasteiger partial charge < -0.3 is 19.5 Å². The molecule has 7 nitrogen and oxygen atoms in total. The van der Waals surface area contributed by atoms with Crippen LogP contribution in [0.2, 0.25) is 0 Å². The number of nitrogens with one attached hydrogen (secondary N) is 1. The number of rotatable bonds is 8. The van der Waals surface area contributed by atoms with Crippen molar-refractivity contribution >= 4 is 29.9 Å². The molecule has 27 heavy (non-hydrogen) atoms. The van der Waals surface area contributed by atoms with Gasteiger partial charge in [0, 0.05) is 58.5 Å². The fourth-order valence-electron chi connectivity index (χ4n) is 3.65. The van der Waals surface area contributed by atoms with Gasteiger partial charge in [0.2, 0.25) is 0 Å². The molecule has 1 aromatic heterocycles. The molecule has 154 valence electrons. The van der Waals surface area contributed by atoms with E-state index < -0.39 is 0 Å². The van der Waals surface area contributed by atoms with E-state index in [9.17, 15) is 0 Å². The molecule has 0 radical (unpaired) electrons. The Morgan fingerprint density at radius 3 is 2.74 bits per heavy atom. The molecule has 0 bridgehead atoms. The van der Waals surface area contributed by atoms with Gasteiger partial charge in [0.25, 0.3) is 0 Å². The van der Waals surface area contributed by atoms with E-state index in [0.717, 1.165) is 70.5 Å². The summed E-state index contributed by atoms with van der Waals surface area (Å²) in [5.41, 5.74) is 1.00. The first-order valence-electron chi connectivity index (χ1n) is 10.1. The van der Waals surface area contributed by atoms with Crippen LogP contribution in [-0.4, -0.2) is 72.9 Å². The minimum absolute atomic E-state index is 0. The quantitative estimate of drug-likeness (QED) is 0.261. The monoisotopic (exact) mass is 491 g/mol. The van der Waals surface area contributed by atoms with Crippen molar-refractivity contribution < 1.29 is 9.26 Å². The number of piperazine rings is 1. The van der Waals surface area contributed by atoms with E-state index in [-0.39, 0.29) is 24.0 Å². The molecule has 0 aromatic carbocycles. The molecule has 2 aliphatic rings. The predicted molar refractivity (Wildman–Crippen MR) is 118 cm³/mol. The Labute approximate surface area is 179 Å². The van der Waals surface area contributed by atoms with Crippen LogP contribution in [0, 0.1) is 0 Å². The molecule has 1 N–H and O–H groups in total. The molecule has 2 heterocycles. The third-order valence-corrected chi connectivity index (χ3v) is 5.10. The lowest BCUT2D eigenvalue weighted by molar-refractivity contribution is 0.0578. The SMILES string of the molecule is CCNC(=NCCCOC1CCCC1)N1CCN(Cc2ccon2)CC1.I. The maximum atomic E-state index is 5.93. The Morgan fingerprint density at radius 2 is 2.07 bits per heavy atom. The van der Waals surface area contributed by atoms with E-state index in [0.29, 0.717) is 6.10 Å². The molecule has 0 atom stereocenters. The zero-order valence-electron chi connectivity index (χ0n) is 16.4. The highest BCUT2D eigenvalue weighted by molar-refractivity contribution is 14.0. The first kappa shape index (κ1) is 22.4. The number of aliphatic imine (C=N–C) groups is 1. The lowest BCUT2D eigenvalue weighted by atomic mass is 10.3. The minimum Gasteiger partial charge on any atom is -0.378 e. The summed E-state index contributed by atoms with van der Waals surface area (Å²) >= 11 is 0. The van der Waals surface area contributed by atoms with Gasteiger partial charge in [-0.3, -0.25) is 9.89 Å². The standard InChI is InChI=1S/C19H33N5O2.HI/c1-2-20-19(21-9-5-14-25-18-6-3-4-7-18)24-12-10-23(11-13-24)16-17-8-15-26-22-17;/h8,15,18H,2-7,9-14,16H2,1H3,(H,20,21);1H. The van der Waals surface area contributed by atoms with Crippen LogP contribution in [0.3, 0.4) is 0 Å². The number of nitrogens with zero attached hydrogens (tertiary/aromatic N) is 4. The lowest BCUT2D eigenvalue weighted by Gasteiger charge is -2.36. The van der Waals surface area contributed by atoms with Crippen molar-refractivity contribution in [2.24, 2.45) is 4.99 Å². The van der Waals surface area contributed by atoms with Gasteiger partial charge in [0.15, 0.2) is 5.96 Å². The fourth-order valence-corrected chi connectivity index (χ4v) is 3.65. The summed E-state index contributed by atoms with van der Waals surface area (Å²) in [6, 6.07) is 1.94. The van der Waals surface area contributed by atoms with Gasteiger partial charge in [-0.1, -0.05) is 18.0 Å². The molecule has 1 saturated heterocycles. The predicted octanol–water partition coefficient (Wildman–Crippen LogP) is 2.73. The molecular formula is C19H34IN5O2. The molecule has 1 saturated carbocycles. The summed E-state index contributed by atoms with van der Waals surface area (Å²) in [5.74, 6) is 1.04. The summed E-state index contributed by atoms with van der Waals surface area (Å²) in [4.78, 5) is 9.58. The number of guanidine groups is 1. The lowest BCUT2D eigenvalue weighted by Crippen LogP contribution is -2.52. The van der Waals surface area contributed by atoms with Crippen molar-refractivity contribution in [3.63, 3.8) is 0 Å². The van der Waals surface area contributed by atoms with Gasteiger partial charge in [-0.05, 0) is 26.2 Å². The van der Waals surface area contributed by atoms with E-state index in [1.165, 1.54) is 25.7 Å². The van der Waals surface area contributed by atoms with Gasteiger partial charge in [-0.2, -0.15) is 0 Å². The Hall–Kier alpha value is -0.870. The maximum absolute atomic E-state index is 5.93. The number of hydrogen-bond donors (Lipinski definition) is 1. The first-order valence-corrected chi connectivity index (χ1v) is 10.1. The van der Waals surface area contributed by atoms with Crippen molar-refractivity contribution in [3.05, 3.63) is 18.0 Å². The highest BCUT2D eigenvalue weighted by Gasteiger charge is 2.20. The molecule has 8 heteroatoms. The van der Waals surface area contributed by atoms with Crippen LogP contribution >= 0.6 is 24.0 Å². The number of halogens is 1. The second-order valence-electron chi connectivity index (χ2n) is 7.12. The van der Waals surface area contributed by atoms with Gasteiger partial charge in [0.1, 0.15) is 6.26 Å². The van der Waals surface area contributed by atoms with Crippen LogP contribution in [0.25, 0.3) is 0 Å². The number of hydrogen-bond acceptors (Lipinski definition) is 5. The zero-order chi connectivity index (χ0) is 18.0. The van der Waals surface area contributed by atoms with Crippen LogP contribution < -0.4 is 5.32 Å². The second-order valence-corrected chi connectivity index (χ2v) is 7.12. The summed E-state index contributed by atoms with van der Waals surface area (Å²) in [6.07, 6.45) is 8.28.